The van der Waals surface area contributed by atoms with Crippen molar-refractivity contribution >= 4 is 44.4 Å². The van der Waals surface area contributed by atoms with Crippen LogP contribution in [0, 0.1) is 5.92 Å². The molecule has 0 amide bonds. The van der Waals surface area contributed by atoms with Crippen LogP contribution in [0.3, 0.4) is 0 Å². The number of halogens is 2. The predicted molar refractivity (Wildman–Crippen MR) is 90.2 cm³/mol. The fourth-order valence-electron chi connectivity index (χ4n) is 2.70. The average Bonchev–Trinajstić information content (AvgIpc) is 2.87. The summed E-state index contributed by atoms with van der Waals surface area (Å²) in [4.78, 5) is 11.3. The van der Waals surface area contributed by atoms with Gasteiger partial charge in [0, 0.05) is 36.8 Å². The number of fused-ring (bicyclic) bond motifs is 1. The van der Waals surface area contributed by atoms with E-state index in [1.165, 1.54) is 0 Å². The maximum absolute atomic E-state index is 5.97. The Labute approximate surface area is 141 Å². The molecule has 22 heavy (non-hydrogen) atoms. The lowest BCUT2D eigenvalue weighted by Gasteiger charge is -2.39. The Morgan fingerprint density at radius 1 is 1.23 bits per heavy atom. The molecule has 2 aromatic heterocycles. The highest BCUT2D eigenvalue weighted by Gasteiger charge is 2.28. The molecule has 1 aliphatic rings. The van der Waals surface area contributed by atoms with Gasteiger partial charge in [0.15, 0.2) is 0 Å². The van der Waals surface area contributed by atoms with Crippen LogP contribution in [0.2, 0.25) is 5.02 Å². The minimum absolute atomic E-state index is 0.592. The lowest BCUT2D eigenvalue weighted by Crippen LogP contribution is -2.49. The second-order valence-electron chi connectivity index (χ2n) is 5.51. The summed E-state index contributed by atoms with van der Waals surface area (Å²) < 4.78 is 2.99. The van der Waals surface area contributed by atoms with Gasteiger partial charge in [0.25, 0.3) is 0 Å². The van der Waals surface area contributed by atoms with Crippen molar-refractivity contribution in [3.63, 3.8) is 0 Å². The first-order valence-corrected chi connectivity index (χ1v) is 8.20. The van der Waals surface area contributed by atoms with Crippen LogP contribution in [0.15, 0.2) is 41.3 Å². The van der Waals surface area contributed by atoms with Gasteiger partial charge in [0.1, 0.15) is 5.82 Å². The molecule has 0 N–H and O–H groups in total. The van der Waals surface area contributed by atoms with E-state index < -0.39 is 0 Å². The molecule has 3 aromatic rings. The third-order valence-corrected chi connectivity index (χ3v) is 4.46. The molecule has 3 heterocycles. The number of aromatic nitrogens is 4. The molecular weight excluding hydrogens is 366 g/mol. The summed E-state index contributed by atoms with van der Waals surface area (Å²) in [6.45, 7) is 2.88. The smallest absolute Gasteiger partial charge is 0.147 e. The number of anilines is 1. The van der Waals surface area contributed by atoms with Gasteiger partial charge < -0.3 is 4.90 Å². The maximum Gasteiger partial charge on any atom is 0.147 e. The fourth-order valence-corrected chi connectivity index (χ4v) is 3.20. The van der Waals surface area contributed by atoms with E-state index in [-0.39, 0.29) is 0 Å². The molecule has 1 aromatic carbocycles. The lowest BCUT2D eigenvalue weighted by molar-refractivity contribution is 0.340. The van der Waals surface area contributed by atoms with Crippen LogP contribution in [0.5, 0.6) is 0 Å². The van der Waals surface area contributed by atoms with Crippen molar-refractivity contribution in [2.75, 3.05) is 18.0 Å². The van der Waals surface area contributed by atoms with Crippen LogP contribution in [0.1, 0.15) is 0 Å². The number of benzene rings is 1. The van der Waals surface area contributed by atoms with Gasteiger partial charge in [-0.25, -0.2) is 4.98 Å². The van der Waals surface area contributed by atoms with E-state index in [0.29, 0.717) is 10.9 Å². The van der Waals surface area contributed by atoms with Gasteiger partial charge in [-0.3, -0.25) is 9.67 Å². The molecule has 4 rings (SSSR count). The highest BCUT2D eigenvalue weighted by molar-refractivity contribution is 9.10. The van der Waals surface area contributed by atoms with Gasteiger partial charge in [-0.05, 0) is 34.1 Å². The van der Waals surface area contributed by atoms with Crippen molar-refractivity contribution in [2.24, 2.45) is 5.92 Å². The summed E-state index contributed by atoms with van der Waals surface area (Å²) in [5, 5.41) is 4.98. The second kappa shape index (κ2) is 5.52. The quantitative estimate of drug-likeness (QED) is 0.701. The molecule has 1 aliphatic heterocycles. The number of hydrogen-bond donors (Lipinski definition) is 0. The lowest BCUT2D eigenvalue weighted by atomic mass is 10.0. The Balaban J connectivity index is 1.45. The molecule has 7 heteroatoms. The Hall–Kier alpha value is -1.66. The molecule has 5 nitrogen and oxygen atoms in total. The third kappa shape index (κ3) is 2.68. The summed E-state index contributed by atoms with van der Waals surface area (Å²) in [5.74, 6) is 1.52. The normalized spacial score (nSPS) is 15.3. The van der Waals surface area contributed by atoms with Crippen LogP contribution in [0.25, 0.3) is 11.0 Å². The zero-order valence-electron chi connectivity index (χ0n) is 11.7. The van der Waals surface area contributed by atoms with Crippen molar-refractivity contribution in [1.82, 2.24) is 19.7 Å². The molecule has 0 radical (unpaired) electrons. The third-order valence-electron chi connectivity index (χ3n) is 3.82. The number of hydrogen-bond acceptors (Lipinski definition) is 4. The molecule has 0 atom stereocenters. The van der Waals surface area contributed by atoms with Gasteiger partial charge in [0.2, 0.25) is 0 Å². The largest absolute Gasteiger partial charge is 0.354 e. The van der Waals surface area contributed by atoms with Gasteiger partial charge in [0.05, 0.1) is 27.9 Å². The average molecular weight is 379 g/mol. The van der Waals surface area contributed by atoms with Crippen LogP contribution in [-0.4, -0.2) is 32.8 Å². The molecule has 0 spiro atoms. The van der Waals surface area contributed by atoms with E-state index in [1.807, 2.05) is 41.5 Å². The van der Waals surface area contributed by atoms with E-state index >= 15 is 0 Å². The first kappa shape index (κ1) is 14.0. The Morgan fingerprint density at radius 3 is 2.86 bits per heavy atom. The summed E-state index contributed by atoms with van der Waals surface area (Å²) in [7, 11) is 0. The van der Waals surface area contributed by atoms with Gasteiger partial charge in [-0.1, -0.05) is 11.6 Å². The van der Waals surface area contributed by atoms with Crippen molar-refractivity contribution in [1.29, 1.82) is 0 Å². The predicted octanol–water partition coefficient (Wildman–Crippen LogP) is 3.38. The van der Waals surface area contributed by atoms with Gasteiger partial charge >= 0.3 is 0 Å². The minimum Gasteiger partial charge on any atom is -0.354 e. The van der Waals surface area contributed by atoms with Crippen molar-refractivity contribution in [2.45, 2.75) is 6.54 Å². The topological polar surface area (TPSA) is 46.8 Å². The van der Waals surface area contributed by atoms with Gasteiger partial charge in [-0.15, -0.1) is 0 Å². The van der Waals surface area contributed by atoms with E-state index in [2.05, 4.69) is 35.9 Å². The monoisotopic (exact) mass is 377 g/mol. The van der Waals surface area contributed by atoms with E-state index in [1.54, 1.807) is 0 Å². The van der Waals surface area contributed by atoms with Crippen molar-refractivity contribution < 1.29 is 0 Å². The molecular formula is C15H13BrClN5. The molecule has 112 valence electrons. The van der Waals surface area contributed by atoms with Crippen LogP contribution < -0.4 is 4.90 Å². The molecule has 1 fully saturated rings. The van der Waals surface area contributed by atoms with Crippen LogP contribution in [0.4, 0.5) is 5.82 Å². The minimum atomic E-state index is 0.592. The molecule has 1 saturated heterocycles. The summed E-state index contributed by atoms with van der Waals surface area (Å²) in [6.07, 6.45) is 5.64. The first-order chi connectivity index (χ1) is 10.7. The first-order valence-electron chi connectivity index (χ1n) is 7.02. The summed E-state index contributed by atoms with van der Waals surface area (Å²) in [5.41, 5.74) is 1.70. The Kier molecular flexibility index (Phi) is 3.50. The molecule has 0 saturated carbocycles. The van der Waals surface area contributed by atoms with Crippen molar-refractivity contribution in [3.8, 4) is 0 Å². The van der Waals surface area contributed by atoms with Crippen molar-refractivity contribution in [3.05, 3.63) is 46.3 Å². The Bertz CT molecular complexity index is 828. The molecule has 0 aliphatic carbocycles. The van der Waals surface area contributed by atoms with Crippen LogP contribution in [-0.2, 0) is 6.54 Å². The summed E-state index contributed by atoms with van der Waals surface area (Å²) in [6, 6.07) is 5.59. The van der Waals surface area contributed by atoms with Gasteiger partial charge in [-0.2, -0.15) is 5.10 Å². The van der Waals surface area contributed by atoms with E-state index in [4.69, 9.17) is 11.6 Å². The number of nitrogens with zero attached hydrogens (tertiary/aromatic N) is 5. The standard InChI is InChI=1S/C15H13BrClN5/c16-11-4-19-22(9-11)8-10-6-21(7-10)15-5-18-14-3-12(17)1-2-13(14)20-15/h1-5,9-10H,6-8H2. The SMILES string of the molecule is Clc1ccc2nc(N3CC(Cn4cc(Br)cn4)C3)cnc2c1. The highest BCUT2D eigenvalue weighted by atomic mass is 79.9. The fraction of sp³-hybridized carbons (Fsp3) is 0.267. The number of rotatable bonds is 3. The van der Waals surface area contributed by atoms with E-state index in [0.717, 1.165) is 41.0 Å². The van der Waals surface area contributed by atoms with E-state index in [9.17, 15) is 0 Å². The zero-order chi connectivity index (χ0) is 15.1. The Morgan fingerprint density at radius 2 is 2.09 bits per heavy atom. The highest BCUT2D eigenvalue weighted by Crippen LogP contribution is 2.26. The summed E-state index contributed by atoms with van der Waals surface area (Å²) >= 11 is 9.38. The maximum atomic E-state index is 5.97. The van der Waals surface area contributed by atoms with Crippen LogP contribution >= 0.6 is 27.5 Å². The molecule has 0 bridgehead atoms. The molecule has 0 unspecified atom stereocenters. The zero-order valence-corrected chi connectivity index (χ0v) is 14.0. The second-order valence-corrected chi connectivity index (χ2v) is 6.86.